The molecule has 0 saturated heterocycles. The van der Waals surface area contributed by atoms with Crippen LogP contribution in [0.3, 0.4) is 0 Å². The molecule has 2 rings (SSSR count). The Morgan fingerprint density at radius 1 is 1.40 bits per heavy atom. The van der Waals surface area contributed by atoms with Crippen molar-refractivity contribution < 1.29 is 14.6 Å². The van der Waals surface area contributed by atoms with Crippen LogP contribution in [-0.2, 0) is 17.6 Å². The van der Waals surface area contributed by atoms with Crippen molar-refractivity contribution in [2.45, 2.75) is 38.5 Å². The van der Waals surface area contributed by atoms with Crippen LogP contribution in [0.5, 0.6) is 5.75 Å². The van der Waals surface area contributed by atoms with E-state index in [-0.39, 0.29) is 6.54 Å². The quantitative estimate of drug-likeness (QED) is 0.883. The van der Waals surface area contributed by atoms with Crippen LogP contribution in [0.1, 0.15) is 41.0 Å². The normalized spacial score (nSPS) is 15.6. The van der Waals surface area contributed by atoms with Crippen molar-refractivity contribution in [3.63, 3.8) is 0 Å². The first kappa shape index (κ1) is 15.3. The Labute approximate surface area is 127 Å². The van der Waals surface area contributed by atoms with E-state index < -0.39 is 11.9 Å². The van der Waals surface area contributed by atoms with Crippen LogP contribution in [0.2, 0.25) is 0 Å². The third-order valence-corrected chi connectivity index (χ3v) is 4.96. The molecule has 5 heteroatoms. The summed E-state index contributed by atoms with van der Waals surface area (Å²) >= 11 is 3.60. The van der Waals surface area contributed by atoms with Gasteiger partial charge in [0.2, 0.25) is 0 Å². The van der Waals surface area contributed by atoms with Crippen LogP contribution < -0.4 is 10.5 Å². The van der Waals surface area contributed by atoms with E-state index in [1.807, 2.05) is 6.92 Å². The van der Waals surface area contributed by atoms with Gasteiger partial charge in [-0.25, -0.2) is 0 Å². The number of rotatable bonds is 4. The summed E-state index contributed by atoms with van der Waals surface area (Å²) in [7, 11) is 1.58. The average Bonchev–Trinajstić information content (AvgIpc) is 2.45. The van der Waals surface area contributed by atoms with Gasteiger partial charge in [-0.2, -0.15) is 0 Å². The van der Waals surface area contributed by atoms with Gasteiger partial charge < -0.3 is 15.6 Å². The van der Waals surface area contributed by atoms with Gasteiger partial charge in [0.1, 0.15) is 5.75 Å². The van der Waals surface area contributed by atoms with E-state index >= 15 is 0 Å². The highest BCUT2D eigenvalue weighted by atomic mass is 79.9. The van der Waals surface area contributed by atoms with E-state index in [2.05, 4.69) is 15.9 Å². The Morgan fingerprint density at radius 3 is 2.50 bits per heavy atom. The molecule has 1 unspecified atom stereocenters. The minimum Gasteiger partial charge on any atom is -0.495 e. The largest absolute Gasteiger partial charge is 0.495 e. The number of carboxylic acids is 1. The second-order valence-corrected chi connectivity index (χ2v) is 5.97. The van der Waals surface area contributed by atoms with E-state index in [1.165, 1.54) is 11.1 Å². The number of benzene rings is 1. The predicted molar refractivity (Wildman–Crippen MR) is 81.5 cm³/mol. The van der Waals surface area contributed by atoms with Crippen LogP contribution >= 0.6 is 15.9 Å². The smallest absolute Gasteiger partial charge is 0.312 e. The van der Waals surface area contributed by atoms with Crippen LogP contribution in [0, 0.1) is 6.92 Å². The third-order valence-electron chi connectivity index (χ3n) is 4.12. The standard InChI is InChI=1S/C15H20BrNO3/c1-8-9-5-3-4-6-10(9)13(16)14(20-2)12(8)11(7-17)15(18)19/h11H,3-7,17H2,1-2H3,(H,18,19). The second-order valence-electron chi connectivity index (χ2n) is 5.18. The Bertz CT molecular complexity index is 543. The molecule has 0 saturated carbocycles. The maximum Gasteiger partial charge on any atom is 0.312 e. The number of halogens is 1. The Hall–Kier alpha value is -1.07. The van der Waals surface area contributed by atoms with Gasteiger partial charge >= 0.3 is 5.97 Å². The number of methoxy groups -OCH3 is 1. The summed E-state index contributed by atoms with van der Waals surface area (Å²) in [6, 6.07) is 0. The first-order valence-corrected chi connectivity index (χ1v) is 7.62. The maximum absolute atomic E-state index is 11.5. The van der Waals surface area contributed by atoms with Crippen molar-refractivity contribution in [1.29, 1.82) is 0 Å². The first-order chi connectivity index (χ1) is 9.52. The highest BCUT2D eigenvalue weighted by Gasteiger charge is 2.30. The zero-order chi connectivity index (χ0) is 14.9. The molecule has 1 aliphatic carbocycles. The monoisotopic (exact) mass is 341 g/mol. The summed E-state index contributed by atoms with van der Waals surface area (Å²) in [5.74, 6) is -1.01. The van der Waals surface area contributed by atoms with Crippen molar-refractivity contribution in [2.75, 3.05) is 13.7 Å². The molecule has 0 spiro atoms. The minimum absolute atomic E-state index is 0.0672. The molecule has 0 aliphatic heterocycles. The lowest BCUT2D eigenvalue weighted by Crippen LogP contribution is -2.24. The number of ether oxygens (including phenoxy) is 1. The lowest BCUT2D eigenvalue weighted by molar-refractivity contribution is -0.138. The molecular weight excluding hydrogens is 322 g/mol. The SMILES string of the molecule is COc1c(Br)c2c(c(C)c1C(CN)C(=O)O)CCCC2. The van der Waals surface area contributed by atoms with E-state index in [1.54, 1.807) is 7.11 Å². The lowest BCUT2D eigenvalue weighted by atomic mass is 9.82. The first-order valence-electron chi connectivity index (χ1n) is 6.83. The zero-order valence-corrected chi connectivity index (χ0v) is 13.4. The van der Waals surface area contributed by atoms with Crippen molar-refractivity contribution in [3.05, 3.63) is 26.7 Å². The van der Waals surface area contributed by atoms with E-state index in [4.69, 9.17) is 10.5 Å². The van der Waals surface area contributed by atoms with Crippen molar-refractivity contribution in [2.24, 2.45) is 5.73 Å². The maximum atomic E-state index is 11.5. The molecule has 3 N–H and O–H groups in total. The fourth-order valence-electron chi connectivity index (χ4n) is 3.11. The fraction of sp³-hybridized carbons (Fsp3) is 0.533. The van der Waals surface area contributed by atoms with Gasteiger partial charge in [0.05, 0.1) is 17.5 Å². The van der Waals surface area contributed by atoms with Gasteiger partial charge in [0.15, 0.2) is 0 Å². The molecule has 0 bridgehead atoms. The summed E-state index contributed by atoms with van der Waals surface area (Å²) in [5.41, 5.74) is 9.94. The zero-order valence-electron chi connectivity index (χ0n) is 11.8. The van der Waals surface area contributed by atoms with Gasteiger partial charge in [-0.15, -0.1) is 0 Å². The van der Waals surface area contributed by atoms with Crippen molar-refractivity contribution >= 4 is 21.9 Å². The molecule has 0 amide bonds. The van der Waals surface area contributed by atoms with Gasteiger partial charge in [-0.1, -0.05) is 0 Å². The van der Waals surface area contributed by atoms with E-state index in [0.717, 1.165) is 41.3 Å². The molecule has 1 aromatic carbocycles. The summed E-state index contributed by atoms with van der Waals surface area (Å²) in [6.07, 6.45) is 4.31. The number of hydrogen-bond donors (Lipinski definition) is 2. The molecule has 0 aromatic heterocycles. The van der Waals surface area contributed by atoms with Gasteiger partial charge in [-0.05, 0) is 65.2 Å². The Morgan fingerprint density at radius 2 is 2.00 bits per heavy atom. The summed E-state index contributed by atoms with van der Waals surface area (Å²) in [4.78, 5) is 11.5. The molecule has 110 valence electrons. The molecule has 1 aliphatic rings. The molecule has 0 fully saturated rings. The molecular formula is C15H20BrNO3. The number of aliphatic carboxylic acids is 1. The second kappa shape index (κ2) is 6.14. The highest BCUT2D eigenvalue weighted by molar-refractivity contribution is 9.10. The van der Waals surface area contributed by atoms with Gasteiger partial charge in [0.25, 0.3) is 0 Å². The van der Waals surface area contributed by atoms with E-state index in [9.17, 15) is 9.90 Å². The summed E-state index contributed by atoms with van der Waals surface area (Å²) in [5, 5.41) is 9.42. The van der Waals surface area contributed by atoms with Gasteiger partial charge in [0, 0.05) is 12.1 Å². The topological polar surface area (TPSA) is 72.5 Å². The average molecular weight is 342 g/mol. The predicted octanol–water partition coefficient (Wildman–Crippen LogP) is 2.77. The number of fused-ring (bicyclic) bond motifs is 1. The molecule has 20 heavy (non-hydrogen) atoms. The fourth-order valence-corrected chi connectivity index (χ4v) is 3.92. The number of carboxylic acid groups (broad SMARTS) is 1. The Kier molecular flexibility index (Phi) is 4.70. The number of hydrogen-bond acceptors (Lipinski definition) is 3. The summed E-state index contributed by atoms with van der Waals surface area (Å²) < 4.78 is 6.39. The number of carbonyl (C=O) groups is 1. The minimum atomic E-state index is -0.906. The molecule has 1 atom stereocenters. The van der Waals surface area contributed by atoms with Crippen LogP contribution in [-0.4, -0.2) is 24.7 Å². The van der Waals surface area contributed by atoms with Crippen LogP contribution in [0.4, 0.5) is 0 Å². The van der Waals surface area contributed by atoms with Gasteiger partial charge in [-0.3, -0.25) is 4.79 Å². The summed E-state index contributed by atoms with van der Waals surface area (Å²) in [6.45, 7) is 2.05. The molecule has 4 nitrogen and oxygen atoms in total. The molecule has 0 radical (unpaired) electrons. The lowest BCUT2D eigenvalue weighted by Gasteiger charge is -2.27. The van der Waals surface area contributed by atoms with Crippen molar-refractivity contribution in [3.8, 4) is 5.75 Å². The number of nitrogens with two attached hydrogens (primary N) is 1. The third kappa shape index (κ3) is 2.44. The Balaban J connectivity index is 2.72. The van der Waals surface area contributed by atoms with E-state index in [0.29, 0.717) is 5.75 Å². The van der Waals surface area contributed by atoms with Crippen LogP contribution in [0.15, 0.2) is 4.47 Å². The highest BCUT2D eigenvalue weighted by Crippen LogP contribution is 2.43. The molecule has 0 heterocycles. The van der Waals surface area contributed by atoms with Crippen molar-refractivity contribution in [1.82, 2.24) is 0 Å². The van der Waals surface area contributed by atoms with Crippen LogP contribution in [0.25, 0.3) is 0 Å². The molecule has 1 aromatic rings.